The van der Waals surface area contributed by atoms with Gasteiger partial charge in [0.25, 0.3) is 5.91 Å². The number of fused-ring (bicyclic) bond motifs is 1. The summed E-state index contributed by atoms with van der Waals surface area (Å²) in [5.74, 6) is -1.83. The molecule has 0 atom stereocenters. The molecule has 0 spiro atoms. The molecular formula is C25H24F2N6O2. The Hall–Kier alpha value is -3.79. The Balaban J connectivity index is 1.06. The average molecular weight is 479 g/mol. The molecule has 0 saturated carbocycles. The smallest absolute Gasteiger partial charge is 0.253 e. The summed E-state index contributed by atoms with van der Waals surface area (Å²) in [6, 6.07) is 6.15. The number of aromatic hydroxyl groups is 1. The number of nitrogens with zero attached hydrogens (tertiary/aromatic N) is 5. The van der Waals surface area contributed by atoms with Crippen LogP contribution in [0.25, 0.3) is 22.2 Å². The van der Waals surface area contributed by atoms with Crippen LogP contribution in [0.4, 0.5) is 8.78 Å². The van der Waals surface area contributed by atoms with Gasteiger partial charge < -0.3 is 15.0 Å². The third-order valence-corrected chi connectivity index (χ3v) is 7.16. The Kier molecular flexibility index (Phi) is 5.25. The van der Waals surface area contributed by atoms with Crippen LogP contribution in [-0.2, 0) is 0 Å². The highest BCUT2D eigenvalue weighted by molar-refractivity contribution is 5.94. The molecular weight excluding hydrogens is 454 g/mol. The number of rotatable bonds is 4. The van der Waals surface area contributed by atoms with Crippen molar-refractivity contribution >= 4 is 16.9 Å². The summed E-state index contributed by atoms with van der Waals surface area (Å²) in [5, 5.41) is 14.6. The lowest BCUT2D eigenvalue weighted by molar-refractivity contribution is 0.0198. The highest BCUT2D eigenvalue weighted by Gasteiger charge is 2.36. The first kappa shape index (κ1) is 21.7. The molecule has 6 rings (SSSR count). The number of pyridine rings is 1. The van der Waals surface area contributed by atoms with Crippen molar-refractivity contribution in [1.82, 2.24) is 29.5 Å². The molecule has 35 heavy (non-hydrogen) atoms. The van der Waals surface area contributed by atoms with Gasteiger partial charge in [0.1, 0.15) is 11.5 Å². The maximum atomic E-state index is 14.5. The molecule has 2 aliphatic rings. The number of hydrogen-bond donors (Lipinski definition) is 2. The number of benzene rings is 1. The second-order valence-electron chi connectivity index (χ2n) is 9.23. The van der Waals surface area contributed by atoms with E-state index in [9.17, 15) is 18.7 Å². The molecule has 8 nitrogen and oxygen atoms in total. The number of aromatic amines is 1. The van der Waals surface area contributed by atoms with E-state index in [1.807, 2.05) is 16.9 Å². The Bertz CT molecular complexity index is 1400. The van der Waals surface area contributed by atoms with Crippen molar-refractivity contribution in [2.45, 2.75) is 24.9 Å². The van der Waals surface area contributed by atoms with E-state index in [0.717, 1.165) is 42.9 Å². The minimum atomic E-state index is -0.789. The van der Waals surface area contributed by atoms with Gasteiger partial charge in [0.05, 0.1) is 18.4 Å². The summed E-state index contributed by atoms with van der Waals surface area (Å²) in [4.78, 5) is 23.9. The number of nitrogens with one attached hydrogen (secondary N) is 1. The Labute approximate surface area is 199 Å². The molecule has 0 aliphatic carbocycles. The Morgan fingerprint density at radius 1 is 1.06 bits per heavy atom. The lowest BCUT2D eigenvalue weighted by Crippen LogP contribution is -2.56. The van der Waals surface area contributed by atoms with E-state index in [4.69, 9.17) is 0 Å². The van der Waals surface area contributed by atoms with Crippen LogP contribution in [0.1, 0.15) is 29.2 Å². The van der Waals surface area contributed by atoms with Gasteiger partial charge in [-0.25, -0.2) is 13.8 Å². The van der Waals surface area contributed by atoms with Crippen molar-refractivity contribution in [3.8, 4) is 16.9 Å². The standard InChI is InChI=1S/C25H24F2N6O2/c26-20-9-15(1-2-22(20)34)25(35)31-7-4-17(5-8-31)32-13-18(14-32)33-12-16(10-30-33)23-19-3-6-28-24(19)29-11-21(23)27/h1-3,6,9-12,17-18,34H,4-5,7-8,13-14H2,(H,28,29). The fourth-order valence-corrected chi connectivity index (χ4v) is 5.15. The van der Waals surface area contributed by atoms with Gasteiger partial charge in [-0.2, -0.15) is 5.10 Å². The van der Waals surface area contributed by atoms with Crippen molar-refractivity contribution in [1.29, 1.82) is 0 Å². The zero-order valence-corrected chi connectivity index (χ0v) is 18.9. The van der Waals surface area contributed by atoms with E-state index in [1.165, 1.54) is 18.3 Å². The van der Waals surface area contributed by atoms with Crippen LogP contribution in [0.5, 0.6) is 5.75 Å². The van der Waals surface area contributed by atoms with Crippen LogP contribution in [0, 0.1) is 11.6 Å². The molecule has 180 valence electrons. The first-order valence-electron chi connectivity index (χ1n) is 11.7. The molecule has 10 heteroatoms. The number of piperidine rings is 1. The highest BCUT2D eigenvalue weighted by atomic mass is 19.1. The number of hydrogen-bond acceptors (Lipinski definition) is 5. The molecule has 2 saturated heterocycles. The summed E-state index contributed by atoms with van der Waals surface area (Å²) in [5.41, 5.74) is 2.12. The fraction of sp³-hybridized carbons (Fsp3) is 0.320. The zero-order chi connectivity index (χ0) is 24.1. The van der Waals surface area contributed by atoms with Crippen molar-refractivity contribution in [2.75, 3.05) is 26.2 Å². The van der Waals surface area contributed by atoms with Gasteiger partial charge in [0.2, 0.25) is 0 Å². The van der Waals surface area contributed by atoms with Crippen LogP contribution in [0.15, 0.2) is 49.1 Å². The molecule has 3 aromatic heterocycles. The van der Waals surface area contributed by atoms with Crippen LogP contribution < -0.4 is 0 Å². The SMILES string of the molecule is O=C(c1ccc(O)c(F)c1)N1CCC(N2CC(n3cc(-c4c(F)cnc5[nH]ccc45)cn3)C2)CC1. The number of aromatic nitrogens is 4. The van der Waals surface area contributed by atoms with Gasteiger partial charge in [-0.1, -0.05) is 0 Å². The minimum Gasteiger partial charge on any atom is -0.505 e. The van der Waals surface area contributed by atoms with Crippen LogP contribution in [0.2, 0.25) is 0 Å². The predicted octanol–water partition coefficient (Wildman–Crippen LogP) is 3.57. The molecule has 5 heterocycles. The van der Waals surface area contributed by atoms with E-state index >= 15 is 0 Å². The number of halogens is 2. The third kappa shape index (κ3) is 3.83. The summed E-state index contributed by atoms with van der Waals surface area (Å²) >= 11 is 0. The topological polar surface area (TPSA) is 90.3 Å². The lowest BCUT2D eigenvalue weighted by atomic mass is 9.97. The van der Waals surface area contributed by atoms with Crippen molar-refractivity contribution in [3.05, 3.63) is 66.3 Å². The molecule has 1 amide bonds. The maximum absolute atomic E-state index is 14.5. The molecule has 2 fully saturated rings. The monoisotopic (exact) mass is 478 g/mol. The van der Waals surface area contributed by atoms with Gasteiger partial charge in [-0.15, -0.1) is 0 Å². The molecule has 0 radical (unpaired) electrons. The van der Waals surface area contributed by atoms with Crippen molar-refractivity contribution < 1.29 is 18.7 Å². The Morgan fingerprint density at radius 3 is 2.63 bits per heavy atom. The average Bonchev–Trinajstić information content (AvgIpc) is 3.50. The third-order valence-electron chi connectivity index (χ3n) is 7.16. The van der Waals surface area contributed by atoms with Crippen LogP contribution in [0.3, 0.4) is 0 Å². The summed E-state index contributed by atoms with van der Waals surface area (Å²) in [6.07, 6.45) is 8.26. The second kappa shape index (κ2) is 8.46. The first-order valence-corrected chi connectivity index (χ1v) is 11.7. The molecule has 2 aliphatic heterocycles. The van der Waals surface area contributed by atoms with Gasteiger partial charge in [0.15, 0.2) is 11.6 Å². The van der Waals surface area contributed by atoms with E-state index in [2.05, 4.69) is 20.0 Å². The van der Waals surface area contributed by atoms with Crippen LogP contribution >= 0.6 is 0 Å². The van der Waals surface area contributed by atoms with E-state index in [0.29, 0.717) is 30.3 Å². The van der Waals surface area contributed by atoms with E-state index in [1.54, 1.807) is 17.3 Å². The van der Waals surface area contributed by atoms with Gasteiger partial charge in [-0.3, -0.25) is 14.4 Å². The van der Waals surface area contributed by atoms with Crippen LogP contribution in [-0.4, -0.2) is 72.8 Å². The minimum absolute atomic E-state index is 0.215. The van der Waals surface area contributed by atoms with Crippen molar-refractivity contribution in [3.63, 3.8) is 0 Å². The second-order valence-corrected chi connectivity index (χ2v) is 9.23. The number of phenols is 1. The predicted molar refractivity (Wildman–Crippen MR) is 125 cm³/mol. The lowest BCUT2D eigenvalue weighted by Gasteiger charge is -2.47. The summed E-state index contributed by atoms with van der Waals surface area (Å²) in [7, 11) is 0. The number of H-pyrrole nitrogens is 1. The zero-order valence-electron chi connectivity index (χ0n) is 18.9. The number of amides is 1. The highest BCUT2D eigenvalue weighted by Crippen LogP contribution is 2.33. The molecule has 1 aromatic carbocycles. The van der Waals surface area contributed by atoms with Crippen molar-refractivity contribution in [2.24, 2.45) is 0 Å². The molecule has 0 unspecified atom stereocenters. The first-order chi connectivity index (χ1) is 17.0. The molecule has 0 bridgehead atoms. The van der Waals surface area contributed by atoms with Gasteiger partial charge >= 0.3 is 0 Å². The summed E-state index contributed by atoms with van der Waals surface area (Å²) in [6.45, 7) is 2.91. The number of likely N-dealkylation sites (tertiary alicyclic amines) is 2. The molecule has 2 N–H and O–H groups in total. The number of carbonyl (C=O) groups is 1. The fourth-order valence-electron chi connectivity index (χ4n) is 5.15. The van der Waals surface area contributed by atoms with Gasteiger partial charge in [0, 0.05) is 66.7 Å². The largest absolute Gasteiger partial charge is 0.505 e. The maximum Gasteiger partial charge on any atom is 0.253 e. The number of phenolic OH excluding ortho intramolecular Hbond substituents is 1. The normalized spacial score (nSPS) is 17.7. The summed E-state index contributed by atoms with van der Waals surface area (Å²) < 4.78 is 30.1. The molecule has 4 aromatic rings. The van der Waals surface area contributed by atoms with E-state index in [-0.39, 0.29) is 23.3 Å². The Morgan fingerprint density at radius 2 is 1.86 bits per heavy atom. The number of carbonyl (C=O) groups excluding carboxylic acids is 1. The van der Waals surface area contributed by atoms with E-state index < -0.39 is 11.6 Å². The quantitative estimate of drug-likeness (QED) is 0.468. The van der Waals surface area contributed by atoms with Gasteiger partial charge in [-0.05, 0) is 37.1 Å².